The van der Waals surface area contributed by atoms with Crippen LogP contribution in [0.3, 0.4) is 0 Å². The Morgan fingerprint density at radius 1 is 1.29 bits per heavy atom. The molecule has 3 rings (SSSR count). The van der Waals surface area contributed by atoms with Crippen LogP contribution in [-0.4, -0.2) is 12.6 Å². The number of hydrogen-bond donors (Lipinski definition) is 0. The summed E-state index contributed by atoms with van der Waals surface area (Å²) >= 11 is 0. The molecule has 0 N–H and O–H groups in total. The fraction of sp³-hybridized carbons (Fsp3) is 0.667. The normalized spacial score (nSPS) is 38.8. The van der Waals surface area contributed by atoms with E-state index in [1.807, 2.05) is 0 Å². The van der Waals surface area contributed by atoms with Gasteiger partial charge in [0.2, 0.25) is 0 Å². The highest BCUT2D eigenvalue weighted by Crippen LogP contribution is 2.51. The Kier molecular flexibility index (Phi) is 2.26. The fourth-order valence-corrected chi connectivity index (χ4v) is 3.81. The van der Waals surface area contributed by atoms with E-state index in [1.165, 1.54) is 12.8 Å². The molecule has 2 aliphatic carbocycles. The zero-order chi connectivity index (χ0) is 12.2. The van der Waals surface area contributed by atoms with Gasteiger partial charge in [0.25, 0.3) is 0 Å². The Morgan fingerprint density at radius 3 is 2.82 bits per heavy atom. The summed E-state index contributed by atoms with van der Waals surface area (Å²) in [6.45, 7) is 7.44. The van der Waals surface area contributed by atoms with Crippen molar-refractivity contribution in [2.45, 2.75) is 33.6 Å². The van der Waals surface area contributed by atoms with Crippen molar-refractivity contribution in [3.05, 3.63) is 23.3 Å². The third-order valence-corrected chi connectivity index (χ3v) is 4.57. The molecule has 3 atom stereocenters. The topological polar surface area (TPSA) is 26.3 Å². The molecule has 2 heteroatoms. The van der Waals surface area contributed by atoms with E-state index in [2.05, 4.69) is 32.9 Å². The number of hydrogen-bond acceptors (Lipinski definition) is 2. The largest absolute Gasteiger partial charge is 0.457 e. The summed E-state index contributed by atoms with van der Waals surface area (Å²) in [5.41, 5.74) is 2.41. The van der Waals surface area contributed by atoms with Crippen molar-refractivity contribution in [1.82, 2.24) is 0 Å². The lowest BCUT2D eigenvalue weighted by atomic mass is 9.84. The van der Waals surface area contributed by atoms with Gasteiger partial charge >= 0.3 is 5.97 Å². The lowest BCUT2D eigenvalue weighted by Crippen LogP contribution is -2.13. The average Bonchev–Trinajstić information content (AvgIpc) is 2.68. The predicted octanol–water partition coefficient (Wildman–Crippen LogP) is 3.10. The highest BCUT2D eigenvalue weighted by atomic mass is 16.5. The molecule has 1 saturated heterocycles. The molecule has 92 valence electrons. The standard InChI is InChI=1S/C15H20O2/c1-9-4-12-11(8-17-14(12)16)5-10-6-15(2,3)7-13(9)10/h4-5,9-10,13H,6-8H2,1-3H3. The predicted molar refractivity (Wildman–Crippen MR) is 66.3 cm³/mol. The monoisotopic (exact) mass is 232 g/mol. The van der Waals surface area contributed by atoms with Crippen LogP contribution < -0.4 is 0 Å². The van der Waals surface area contributed by atoms with E-state index in [-0.39, 0.29) is 5.97 Å². The third kappa shape index (κ3) is 1.74. The molecule has 0 radical (unpaired) electrons. The third-order valence-electron chi connectivity index (χ3n) is 4.57. The summed E-state index contributed by atoms with van der Waals surface area (Å²) in [7, 11) is 0. The molecule has 0 bridgehead atoms. The van der Waals surface area contributed by atoms with Gasteiger partial charge in [-0.1, -0.05) is 32.9 Å². The van der Waals surface area contributed by atoms with E-state index >= 15 is 0 Å². The SMILES string of the molecule is CC1C=C2C(=O)OCC2=CC2CC(C)(C)CC12. The summed E-state index contributed by atoms with van der Waals surface area (Å²) in [5.74, 6) is 1.68. The molecule has 3 unspecified atom stereocenters. The highest BCUT2D eigenvalue weighted by Gasteiger charge is 2.43. The van der Waals surface area contributed by atoms with E-state index in [0.717, 1.165) is 11.1 Å². The number of cyclic esters (lactones) is 1. The smallest absolute Gasteiger partial charge is 0.338 e. The molecule has 0 aromatic heterocycles. The maximum Gasteiger partial charge on any atom is 0.338 e. The minimum atomic E-state index is -0.123. The van der Waals surface area contributed by atoms with Crippen LogP contribution in [0.2, 0.25) is 0 Å². The Bertz CT molecular complexity index is 428. The fourth-order valence-electron chi connectivity index (χ4n) is 3.81. The Labute approximate surface area is 103 Å². The van der Waals surface area contributed by atoms with Crippen LogP contribution in [-0.2, 0) is 9.53 Å². The lowest BCUT2D eigenvalue weighted by Gasteiger charge is -2.20. The van der Waals surface area contributed by atoms with Gasteiger partial charge in [0.05, 0.1) is 5.57 Å². The zero-order valence-corrected chi connectivity index (χ0v) is 10.8. The van der Waals surface area contributed by atoms with Crippen molar-refractivity contribution in [2.75, 3.05) is 6.61 Å². The molecule has 0 aromatic carbocycles. The maximum atomic E-state index is 11.6. The number of esters is 1. The van der Waals surface area contributed by atoms with Crippen LogP contribution in [0.5, 0.6) is 0 Å². The first-order valence-electron chi connectivity index (χ1n) is 6.56. The number of fused-ring (bicyclic) bond motifs is 2. The van der Waals surface area contributed by atoms with Gasteiger partial charge in [-0.05, 0) is 41.6 Å². The van der Waals surface area contributed by atoms with E-state index < -0.39 is 0 Å². The number of allylic oxidation sites excluding steroid dienone is 2. The zero-order valence-electron chi connectivity index (χ0n) is 10.8. The molecule has 0 amide bonds. The van der Waals surface area contributed by atoms with E-state index in [1.54, 1.807) is 0 Å². The van der Waals surface area contributed by atoms with Gasteiger partial charge in [-0.15, -0.1) is 0 Å². The van der Waals surface area contributed by atoms with Gasteiger partial charge in [-0.3, -0.25) is 0 Å². The van der Waals surface area contributed by atoms with Gasteiger partial charge in [-0.25, -0.2) is 4.79 Å². The van der Waals surface area contributed by atoms with Crippen molar-refractivity contribution in [3.63, 3.8) is 0 Å². The first-order chi connectivity index (χ1) is 7.96. The first kappa shape index (κ1) is 11.1. The molecular formula is C15H20O2. The van der Waals surface area contributed by atoms with Gasteiger partial charge in [0.15, 0.2) is 0 Å². The van der Waals surface area contributed by atoms with Crippen LogP contribution in [0.25, 0.3) is 0 Å². The van der Waals surface area contributed by atoms with Gasteiger partial charge in [0, 0.05) is 0 Å². The lowest BCUT2D eigenvalue weighted by molar-refractivity contribution is -0.135. The Balaban J connectivity index is 1.99. The van der Waals surface area contributed by atoms with E-state index in [0.29, 0.717) is 29.8 Å². The molecule has 1 saturated carbocycles. The Morgan fingerprint density at radius 2 is 2.06 bits per heavy atom. The van der Waals surface area contributed by atoms with Crippen LogP contribution >= 0.6 is 0 Å². The first-order valence-corrected chi connectivity index (χ1v) is 6.56. The van der Waals surface area contributed by atoms with Gasteiger partial charge in [0.1, 0.15) is 6.61 Å². The minimum absolute atomic E-state index is 0.123. The average molecular weight is 232 g/mol. The van der Waals surface area contributed by atoms with Crippen LogP contribution in [0.1, 0.15) is 33.6 Å². The minimum Gasteiger partial charge on any atom is -0.457 e. The van der Waals surface area contributed by atoms with Crippen molar-refractivity contribution in [2.24, 2.45) is 23.2 Å². The second-order valence-corrected chi connectivity index (χ2v) is 6.61. The number of rotatable bonds is 0. The van der Waals surface area contributed by atoms with Crippen molar-refractivity contribution in [1.29, 1.82) is 0 Å². The van der Waals surface area contributed by atoms with Crippen molar-refractivity contribution in [3.8, 4) is 0 Å². The van der Waals surface area contributed by atoms with E-state index in [9.17, 15) is 4.79 Å². The number of carbonyl (C=O) groups excluding carboxylic acids is 1. The van der Waals surface area contributed by atoms with Crippen LogP contribution in [0.4, 0.5) is 0 Å². The van der Waals surface area contributed by atoms with E-state index in [4.69, 9.17) is 4.74 Å². The summed E-state index contributed by atoms with van der Waals surface area (Å²) in [4.78, 5) is 11.6. The molecule has 2 nitrogen and oxygen atoms in total. The molecule has 1 heterocycles. The number of ether oxygens (including phenoxy) is 1. The maximum absolute atomic E-state index is 11.6. The van der Waals surface area contributed by atoms with Gasteiger partial charge < -0.3 is 4.74 Å². The Hall–Kier alpha value is -1.05. The van der Waals surface area contributed by atoms with Crippen molar-refractivity contribution < 1.29 is 9.53 Å². The molecule has 1 aliphatic heterocycles. The second kappa shape index (κ2) is 3.47. The molecule has 0 aromatic rings. The summed E-state index contributed by atoms with van der Waals surface area (Å²) in [5, 5.41) is 0. The molecule has 2 fully saturated rings. The number of carbonyl (C=O) groups is 1. The van der Waals surface area contributed by atoms with Crippen molar-refractivity contribution >= 4 is 5.97 Å². The van der Waals surface area contributed by atoms with Gasteiger partial charge in [-0.2, -0.15) is 0 Å². The van der Waals surface area contributed by atoms with Crippen LogP contribution in [0, 0.1) is 23.2 Å². The highest BCUT2D eigenvalue weighted by molar-refractivity contribution is 5.96. The second-order valence-electron chi connectivity index (χ2n) is 6.61. The molecular weight excluding hydrogens is 212 g/mol. The quantitative estimate of drug-likeness (QED) is 0.600. The molecule has 17 heavy (non-hydrogen) atoms. The summed E-state index contributed by atoms with van der Waals surface area (Å²) in [6, 6.07) is 0. The summed E-state index contributed by atoms with van der Waals surface area (Å²) in [6.07, 6.45) is 6.97. The molecule has 3 aliphatic rings. The summed E-state index contributed by atoms with van der Waals surface area (Å²) < 4.78 is 5.13. The molecule has 0 spiro atoms. The van der Waals surface area contributed by atoms with Crippen LogP contribution in [0.15, 0.2) is 23.3 Å².